The van der Waals surface area contributed by atoms with Crippen LogP contribution in [-0.4, -0.2) is 32.1 Å². The number of nitrogens with zero attached hydrogens (tertiary/aromatic N) is 4. The molecule has 3 heterocycles. The van der Waals surface area contributed by atoms with Crippen molar-refractivity contribution in [2.75, 3.05) is 6.54 Å². The molecular weight excluding hydrogens is 288 g/mol. The van der Waals surface area contributed by atoms with E-state index in [2.05, 4.69) is 10.2 Å². The molecule has 0 unspecified atom stereocenters. The molecule has 1 aromatic heterocycles. The first-order chi connectivity index (χ1) is 10.2. The van der Waals surface area contributed by atoms with Crippen LogP contribution in [0.1, 0.15) is 37.7 Å². The van der Waals surface area contributed by atoms with Crippen molar-refractivity contribution in [2.45, 2.75) is 31.8 Å². The summed E-state index contributed by atoms with van der Waals surface area (Å²) in [7, 11) is 0. The summed E-state index contributed by atoms with van der Waals surface area (Å²) in [5.74, 6) is 1.78. The normalized spacial score (nSPS) is 24.1. The number of aromatic nitrogens is 3. The van der Waals surface area contributed by atoms with E-state index in [1.165, 1.54) is 0 Å². The Bertz CT molecular complexity index is 726. The molecule has 0 N–H and O–H groups in total. The summed E-state index contributed by atoms with van der Waals surface area (Å²) in [4.78, 5) is 14.5. The van der Waals surface area contributed by atoms with Gasteiger partial charge in [-0.15, -0.1) is 10.2 Å². The average Bonchev–Trinajstić information content (AvgIpc) is 3.11. The molecule has 6 heteroatoms. The van der Waals surface area contributed by atoms with Gasteiger partial charge in [-0.25, -0.2) is 0 Å². The van der Waals surface area contributed by atoms with E-state index in [0.717, 1.165) is 36.6 Å². The molecule has 0 bridgehead atoms. The molecule has 0 saturated carbocycles. The Hall–Kier alpha value is -1.88. The zero-order valence-corrected chi connectivity index (χ0v) is 12.4. The smallest absolute Gasteiger partial charge is 0.246 e. The number of hydrogen-bond donors (Lipinski definition) is 0. The van der Waals surface area contributed by atoms with Gasteiger partial charge < -0.3 is 4.90 Å². The summed E-state index contributed by atoms with van der Waals surface area (Å²) in [6, 6.07) is 7.33. The molecule has 108 valence electrons. The van der Waals surface area contributed by atoms with Gasteiger partial charge >= 0.3 is 0 Å². The lowest BCUT2D eigenvalue weighted by Crippen LogP contribution is -2.42. The lowest BCUT2D eigenvalue weighted by atomic mass is 10.1. The average molecular weight is 303 g/mol. The molecule has 0 aliphatic carbocycles. The van der Waals surface area contributed by atoms with Gasteiger partial charge in [0.15, 0.2) is 11.6 Å². The molecule has 4 rings (SSSR count). The summed E-state index contributed by atoms with van der Waals surface area (Å²) < 4.78 is 1.97. The summed E-state index contributed by atoms with van der Waals surface area (Å²) in [6.07, 6.45) is 1.99. The van der Waals surface area contributed by atoms with Crippen LogP contribution in [0.25, 0.3) is 11.4 Å². The van der Waals surface area contributed by atoms with E-state index in [4.69, 9.17) is 11.6 Å². The minimum Gasteiger partial charge on any atom is -0.331 e. The molecule has 1 fully saturated rings. The maximum atomic E-state index is 12.5. The van der Waals surface area contributed by atoms with Crippen molar-refractivity contribution in [3.63, 3.8) is 0 Å². The number of fused-ring (bicyclic) bond motifs is 3. The third-order valence-electron chi connectivity index (χ3n) is 4.38. The van der Waals surface area contributed by atoms with Gasteiger partial charge in [-0.05, 0) is 31.9 Å². The standard InChI is InChI=1S/C15H15ClN4O/c1-9-15(21)19-7-3-6-12(19)14-18-17-13(20(9)14)10-4-2-5-11(16)8-10/h2,4-5,8-9,12H,3,6-7H2,1H3/t9-,12+/m0/s1. The fraction of sp³-hybridized carbons (Fsp3) is 0.400. The third-order valence-corrected chi connectivity index (χ3v) is 4.62. The minimum atomic E-state index is -0.265. The van der Waals surface area contributed by atoms with Crippen LogP contribution in [0.3, 0.4) is 0 Å². The van der Waals surface area contributed by atoms with Crippen molar-refractivity contribution in [2.24, 2.45) is 0 Å². The molecule has 2 aliphatic heterocycles. The Kier molecular flexibility index (Phi) is 2.79. The maximum absolute atomic E-state index is 12.5. The molecule has 5 nitrogen and oxygen atoms in total. The molecule has 0 spiro atoms. The Morgan fingerprint density at radius 3 is 3.00 bits per heavy atom. The lowest BCUT2D eigenvalue weighted by Gasteiger charge is -2.34. The molecule has 1 saturated heterocycles. The first-order valence-corrected chi connectivity index (χ1v) is 7.56. The summed E-state index contributed by atoms with van der Waals surface area (Å²) >= 11 is 6.07. The number of carbonyl (C=O) groups is 1. The summed E-state index contributed by atoms with van der Waals surface area (Å²) in [6.45, 7) is 2.74. The quantitative estimate of drug-likeness (QED) is 0.814. The predicted molar refractivity (Wildman–Crippen MR) is 78.9 cm³/mol. The van der Waals surface area contributed by atoms with Crippen LogP contribution >= 0.6 is 11.6 Å². The van der Waals surface area contributed by atoms with Crippen molar-refractivity contribution in [3.05, 3.63) is 35.1 Å². The van der Waals surface area contributed by atoms with Crippen LogP contribution in [0.2, 0.25) is 5.02 Å². The fourth-order valence-corrected chi connectivity index (χ4v) is 3.58. The monoisotopic (exact) mass is 302 g/mol. The van der Waals surface area contributed by atoms with Gasteiger partial charge in [0.25, 0.3) is 0 Å². The number of hydrogen-bond acceptors (Lipinski definition) is 3. The molecule has 21 heavy (non-hydrogen) atoms. The number of halogens is 1. The maximum Gasteiger partial charge on any atom is 0.246 e. The number of benzene rings is 1. The van der Waals surface area contributed by atoms with Crippen LogP contribution in [0.4, 0.5) is 0 Å². The van der Waals surface area contributed by atoms with Gasteiger partial charge in [-0.2, -0.15) is 0 Å². The second kappa shape index (κ2) is 4.56. The Morgan fingerprint density at radius 1 is 1.33 bits per heavy atom. The van der Waals surface area contributed by atoms with Gasteiger partial charge in [-0.1, -0.05) is 23.7 Å². The van der Waals surface area contributed by atoms with Crippen molar-refractivity contribution < 1.29 is 4.79 Å². The van der Waals surface area contributed by atoms with E-state index in [1.54, 1.807) is 0 Å². The van der Waals surface area contributed by atoms with Gasteiger partial charge in [0.2, 0.25) is 5.91 Å². The van der Waals surface area contributed by atoms with Crippen molar-refractivity contribution in [3.8, 4) is 11.4 Å². The van der Waals surface area contributed by atoms with Crippen LogP contribution in [-0.2, 0) is 4.79 Å². The van der Waals surface area contributed by atoms with Crippen LogP contribution < -0.4 is 0 Å². The van der Waals surface area contributed by atoms with Crippen molar-refractivity contribution in [1.29, 1.82) is 0 Å². The lowest BCUT2D eigenvalue weighted by molar-refractivity contribution is -0.137. The SMILES string of the molecule is C[C@H]1C(=O)N2CCC[C@@H]2c2nnc(-c3cccc(Cl)c3)n21. The van der Waals surface area contributed by atoms with Crippen molar-refractivity contribution in [1.82, 2.24) is 19.7 Å². The van der Waals surface area contributed by atoms with Gasteiger partial charge in [-0.3, -0.25) is 9.36 Å². The minimum absolute atomic E-state index is 0.0779. The van der Waals surface area contributed by atoms with E-state index < -0.39 is 0 Å². The summed E-state index contributed by atoms with van der Waals surface area (Å²) in [5.41, 5.74) is 0.896. The third kappa shape index (κ3) is 1.80. The molecule has 2 aromatic rings. The molecule has 0 radical (unpaired) electrons. The van der Waals surface area contributed by atoms with Gasteiger partial charge in [0, 0.05) is 17.1 Å². The van der Waals surface area contributed by atoms with Gasteiger partial charge in [0.05, 0.1) is 6.04 Å². The number of amides is 1. The highest BCUT2D eigenvalue weighted by Crippen LogP contribution is 2.40. The molecule has 1 amide bonds. The second-order valence-electron chi connectivity index (χ2n) is 5.63. The summed E-state index contributed by atoms with van der Waals surface area (Å²) in [5, 5.41) is 9.35. The first-order valence-electron chi connectivity index (χ1n) is 7.18. The predicted octanol–water partition coefficient (Wildman–Crippen LogP) is 2.84. The van der Waals surface area contributed by atoms with Crippen LogP contribution in [0.15, 0.2) is 24.3 Å². The highest BCUT2D eigenvalue weighted by Gasteiger charge is 2.42. The van der Waals surface area contributed by atoms with E-state index in [9.17, 15) is 4.79 Å². The molecular formula is C15H15ClN4O. The topological polar surface area (TPSA) is 51.0 Å². The van der Waals surface area contributed by atoms with Crippen LogP contribution in [0, 0.1) is 0 Å². The zero-order valence-electron chi connectivity index (χ0n) is 11.7. The Labute approximate surface area is 127 Å². The van der Waals surface area contributed by atoms with E-state index >= 15 is 0 Å². The van der Waals surface area contributed by atoms with E-state index in [-0.39, 0.29) is 18.0 Å². The van der Waals surface area contributed by atoms with Gasteiger partial charge in [0.1, 0.15) is 6.04 Å². The molecule has 1 aromatic carbocycles. The van der Waals surface area contributed by atoms with E-state index in [1.807, 2.05) is 40.7 Å². The van der Waals surface area contributed by atoms with Crippen molar-refractivity contribution >= 4 is 17.5 Å². The first kappa shape index (κ1) is 12.8. The molecule has 2 atom stereocenters. The second-order valence-corrected chi connectivity index (χ2v) is 6.06. The molecule has 2 aliphatic rings. The number of rotatable bonds is 1. The largest absolute Gasteiger partial charge is 0.331 e. The zero-order chi connectivity index (χ0) is 14.6. The Morgan fingerprint density at radius 2 is 2.19 bits per heavy atom. The highest BCUT2D eigenvalue weighted by molar-refractivity contribution is 6.30. The fourth-order valence-electron chi connectivity index (χ4n) is 3.39. The van der Waals surface area contributed by atoms with Crippen LogP contribution in [0.5, 0.6) is 0 Å². The van der Waals surface area contributed by atoms with E-state index in [0.29, 0.717) is 5.02 Å². The highest BCUT2D eigenvalue weighted by atomic mass is 35.5. The Balaban J connectivity index is 1.88. The number of carbonyl (C=O) groups excluding carboxylic acids is 1.